The van der Waals surface area contributed by atoms with Gasteiger partial charge >= 0.3 is 0 Å². The summed E-state index contributed by atoms with van der Waals surface area (Å²) in [7, 11) is 0. The number of hydrogen-bond acceptors (Lipinski definition) is 3. The van der Waals surface area contributed by atoms with Crippen LogP contribution in [0.5, 0.6) is 0 Å². The molecule has 2 aromatic rings. The molecule has 0 spiro atoms. The highest BCUT2D eigenvalue weighted by molar-refractivity contribution is 7.78. The first-order valence-corrected chi connectivity index (χ1v) is 4.54. The maximum atomic E-state index is 5.77. The van der Waals surface area contributed by atoms with E-state index in [0.29, 0.717) is 0 Å². The van der Waals surface area contributed by atoms with Crippen LogP contribution in [0.1, 0.15) is 5.69 Å². The van der Waals surface area contributed by atoms with Crippen LogP contribution in [0.25, 0.3) is 10.8 Å². The Hall–Kier alpha value is -1.57. The molecule has 1 N–H and O–H groups in total. The lowest BCUT2D eigenvalue weighted by atomic mass is 10.1. The Balaban J connectivity index is 0.000000293. The van der Waals surface area contributed by atoms with Crippen molar-refractivity contribution in [2.75, 3.05) is 0 Å². The topological polar surface area (TPSA) is 36.7 Å². The van der Waals surface area contributed by atoms with Crippen LogP contribution in [0, 0.1) is 12.3 Å². The molecule has 70 valence electrons. The Bertz CT molecular complexity index is 454. The van der Waals surface area contributed by atoms with Gasteiger partial charge in [0.1, 0.15) is 0 Å². The Morgan fingerprint density at radius 1 is 1.29 bits per heavy atom. The molecule has 0 saturated heterocycles. The number of nitrogens with one attached hydrogen (secondary N) is 1. The van der Waals surface area contributed by atoms with Crippen molar-refractivity contribution in [1.29, 1.82) is 5.41 Å². The minimum Gasteiger partial charge on any atom is -0.261 e. The third-order valence-electron chi connectivity index (χ3n) is 1.87. The van der Waals surface area contributed by atoms with Crippen LogP contribution >= 0.6 is 12.2 Å². The molecule has 0 unspecified atom stereocenters. The zero-order valence-corrected chi connectivity index (χ0v) is 8.64. The van der Waals surface area contributed by atoms with E-state index in [1.165, 1.54) is 10.8 Å². The lowest BCUT2D eigenvalue weighted by Gasteiger charge is -1.97. The predicted molar refractivity (Wildman–Crippen MR) is 61.8 cm³/mol. The van der Waals surface area contributed by atoms with Crippen molar-refractivity contribution in [3.63, 3.8) is 0 Å². The third kappa shape index (κ3) is 2.46. The summed E-state index contributed by atoms with van der Waals surface area (Å²) in [4.78, 5) is 4.21. The lowest BCUT2D eigenvalue weighted by molar-refractivity contribution is 1.24. The van der Waals surface area contributed by atoms with Crippen molar-refractivity contribution >= 4 is 28.2 Å². The molecule has 0 bridgehead atoms. The Labute approximate surface area is 88.1 Å². The van der Waals surface area contributed by atoms with Crippen LogP contribution in [0.3, 0.4) is 0 Å². The van der Waals surface area contributed by atoms with Gasteiger partial charge in [0.05, 0.1) is 5.16 Å². The molecule has 0 saturated carbocycles. The van der Waals surface area contributed by atoms with E-state index in [-0.39, 0.29) is 0 Å². The largest absolute Gasteiger partial charge is 0.261 e. The van der Waals surface area contributed by atoms with Crippen molar-refractivity contribution < 1.29 is 0 Å². The van der Waals surface area contributed by atoms with Gasteiger partial charge in [0.2, 0.25) is 0 Å². The first kappa shape index (κ1) is 10.5. The number of rotatable bonds is 0. The molecule has 0 radical (unpaired) electrons. The van der Waals surface area contributed by atoms with E-state index >= 15 is 0 Å². The van der Waals surface area contributed by atoms with E-state index in [1.54, 1.807) is 5.16 Å². The third-order valence-corrected chi connectivity index (χ3v) is 1.87. The second kappa shape index (κ2) is 5.22. The molecule has 0 fully saturated rings. The minimum absolute atomic E-state index is 1.10. The summed E-state index contributed by atoms with van der Waals surface area (Å²) in [5, 5.41) is 9.87. The standard InChI is InChI=1S/C10H9N.CHNS/c1-8-10-5-3-2-4-9(10)6-7-11-8;2-1-3/h2-7H,1H3;2H. The number of benzene rings is 1. The summed E-state index contributed by atoms with van der Waals surface area (Å²) in [5.41, 5.74) is 1.10. The second-order valence-corrected chi connectivity index (χ2v) is 2.92. The Morgan fingerprint density at radius 2 is 1.93 bits per heavy atom. The van der Waals surface area contributed by atoms with E-state index < -0.39 is 0 Å². The van der Waals surface area contributed by atoms with Gasteiger partial charge in [0, 0.05) is 17.3 Å². The number of nitrogens with zero attached hydrogens (tertiary/aromatic N) is 1. The number of aryl methyl sites for hydroxylation is 1. The summed E-state index contributed by atoms with van der Waals surface area (Å²) in [6.45, 7) is 2.03. The van der Waals surface area contributed by atoms with Crippen LogP contribution in [0.4, 0.5) is 0 Å². The number of hydrogen-bond donors (Lipinski definition) is 1. The van der Waals surface area contributed by atoms with Crippen LogP contribution in [0.15, 0.2) is 36.5 Å². The van der Waals surface area contributed by atoms with E-state index in [4.69, 9.17) is 5.41 Å². The monoisotopic (exact) mass is 202 g/mol. The average Bonchev–Trinajstić information content (AvgIpc) is 2.20. The highest BCUT2D eigenvalue weighted by atomic mass is 32.1. The van der Waals surface area contributed by atoms with Gasteiger partial charge in [-0.3, -0.25) is 4.98 Å². The van der Waals surface area contributed by atoms with Gasteiger partial charge in [-0.2, -0.15) is 0 Å². The van der Waals surface area contributed by atoms with Crippen molar-refractivity contribution in [3.05, 3.63) is 42.2 Å². The summed E-state index contributed by atoms with van der Waals surface area (Å²) in [5.74, 6) is 0. The highest BCUT2D eigenvalue weighted by Crippen LogP contribution is 2.14. The van der Waals surface area contributed by atoms with Crippen LogP contribution in [-0.2, 0) is 0 Å². The molecule has 1 aromatic heterocycles. The molecule has 3 heteroatoms. The van der Waals surface area contributed by atoms with Crippen molar-refractivity contribution in [1.82, 2.24) is 4.98 Å². The number of fused-ring (bicyclic) bond motifs is 1. The van der Waals surface area contributed by atoms with Gasteiger partial charge in [0.25, 0.3) is 0 Å². The van der Waals surface area contributed by atoms with Gasteiger partial charge in [0.15, 0.2) is 0 Å². The van der Waals surface area contributed by atoms with Crippen molar-refractivity contribution in [2.24, 2.45) is 0 Å². The molecular weight excluding hydrogens is 192 g/mol. The molecule has 0 amide bonds. The van der Waals surface area contributed by atoms with E-state index in [0.717, 1.165) is 5.69 Å². The van der Waals surface area contributed by atoms with Gasteiger partial charge in [-0.05, 0) is 30.6 Å². The minimum atomic E-state index is 1.10. The van der Waals surface area contributed by atoms with Crippen LogP contribution < -0.4 is 0 Å². The number of pyridine rings is 1. The molecule has 2 rings (SSSR count). The number of thiocarbonyl (C=S) groups is 1. The smallest absolute Gasteiger partial charge is 0.0554 e. The van der Waals surface area contributed by atoms with Crippen molar-refractivity contribution in [2.45, 2.75) is 6.92 Å². The Kier molecular flexibility index (Phi) is 3.92. The fraction of sp³-hybridized carbons (Fsp3) is 0.0909. The quantitative estimate of drug-likeness (QED) is 0.526. The highest BCUT2D eigenvalue weighted by Gasteiger charge is 1.93. The maximum absolute atomic E-state index is 5.77. The van der Waals surface area contributed by atoms with Crippen LogP contribution in [-0.4, -0.2) is 10.1 Å². The molecule has 1 heterocycles. The lowest BCUT2D eigenvalue weighted by Crippen LogP contribution is -1.80. The Morgan fingerprint density at radius 3 is 2.57 bits per heavy atom. The fourth-order valence-corrected chi connectivity index (χ4v) is 1.27. The average molecular weight is 202 g/mol. The van der Waals surface area contributed by atoms with Gasteiger partial charge < -0.3 is 0 Å². The van der Waals surface area contributed by atoms with E-state index in [1.807, 2.05) is 31.3 Å². The van der Waals surface area contributed by atoms with Gasteiger partial charge in [-0.25, -0.2) is 5.41 Å². The molecule has 0 atom stereocenters. The van der Waals surface area contributed by atoms with Crippen molar-refractivity contribution in [3.8, 4) is 0 Å². The molecule has 0 aliphatic rings. The van der Waals surface area contributed by atoms with Gasteiger partial charge in [-0.1, -0.05) is 24.3 Å². The van der Waals surface area contributed by atoms with E-state index in [9.17, 15) is 0 Å². The molecule has 1 aromatic carbocycles. The molecule has 0 aliphatic carbocycles. The zero-order valence-electron chi connectivity index (χ0n) is 7.82. The summed E-state index contributed by atoms with van der Waals surface area (Å²) in [6.07, 6.45) is 1.84. The second-order valence-electron chi connectivity index (χ2n) is 2.72. The van der Waals surface area contributed by atoms with E-state index in [2.05, 4.69) is 29.3 Å². The zero-order chi connectivity index (χ0) is 10.4. The first-order valence-electron chi connectivity index (χ1n) is 4.14. The normalized spacial score (nSPS) is 8.64. The number of aromatic nitrogens is 1. The molecule has 14 heavy (non-hydrogen) atoms. The molecule has 0 aliphatic heterocycles. The SMILES string of the molecule is Cc1nccc2ccccc12.N=C=S. The molecule has 2 nitrogen and oxygen atoms in total. The predicted octanol–water partition coefficient (Wildman–Crippen LogP) is 3.21. The summed E-state index contributed by atoms with van der Waals surface area (Å²) >= 11 is 3.81. The fourth-order valence-electron chi connectivity index (χ4n) is 1.27. The first-order chi connectivity index (χ1) is 6.79. The molecular formula is C11H10N2S. The summed E-state index contributed by atoms with van der Waals surface area (Å²) in [6, 6.07) is 10.3. The van der Waals surface area contributed by atoms with Gasteiger partial charge in [-0.15, -0.1) is 0 Å². The maximum Gasteiger partial charge on any atom is 0.0554 e. The van der Waals surface area contributed by atoms with Crippen LogP contribution in [0.2, 0.25) is 0 Å². The number of isothiocyanates is 1. The summed E-state index contributed by atoms with van der Waals surface area (Å²) < 4.78 is 0.